The number of nitrogens with one attached hydrogen (secondary N) is 2. The third-order valence-corrected chi connectivity index (χ3v) is 4.43. The fourth-order valence-corrected chi connectivity index (χ4v) is 3.22. The van der Waals surface area contributed by atoms with Gasteiger partial charge in [-0.2, -0.15) is 18.4 Å². The zero-order valence-corrected chi connectivity index (χ0v) is 19.0. The van der Waals surface area contributed by atoms with Gasteiger partial charge in [0.15, 0.2) is 5.69 Å². The van der Waals surface area contributed by atoms with Gasteiger partial charge in [0, 0.05) is 12.1 Å². The molecule has 0 bridgehead atoms. The molecule has 0 aliphatic rings. The summed E-state index contributed by atoms with van der Waals surface area (Å²) in [5, 5.41) is 19.5. The number of ether oxygens (including phenoxy) is 2. The van der Waals surface area contributed by atoms with Crippen LogP contribution in [0.1, 0.15) is 11.3 Å². The van der Waals surface area contributed by atoms with Crippen molar-refractivity contribution in [2.24, 2.45) is 0 Å². The highest BCUT2D eigenvalue weighted by Crippen LogP contribution is 2.35. The maximum atomic E-state index is 13.5. The van der Waals surface area contributed by atoms with Gasteiger partial charge in [-0.15, -0.1) is 0 Å². The van der Waals surface area contributed by atoms with E-state index in [2.05, 4.69) is 26.2 Å². The molecule has 2 aromatic rings. The van der Waals surface area contributed by atoms with Crippen molar-refractivity contribution in [2.75, 3.05) is 14.2 Å². The van der Waals surface area contributed by atoms with Crippen molar-refractivity contribution in [3.05, 3.63) is 62.8 Å². The molecule has 0 aliphatic carbocycles. The van der Waals surface area contributed by atoms with E-state index in [1.165, 1.54) is 25.3 Å². The number of hydrogen-bond donors (Lipinski definition) is 2. The molecular formula is C19H16BrClF3N5O3. The van der Waals surface area contributed by atoms with Crippen LogP contribution in [0.2, 0.25) is 5.02 Å². The van der Waals surface area contributed by atoms with Gasteiger partial charge in [-0.1, -0.05) is 11.6 Å². The van der Waals surface area contributed by atoms with Crippen LogP contribution < -0.4 is 15.6 Å². The molecule has 0 radical (unpaired) electrons. The number of rotatable bonds is 8. The zero-order valence-electron chi connectivity index (χ0n) is 16.6. The Morgan fingerprint density at radius 3 is 2.69 bits per heavy atom. The average molecular weight is 535 g/mol. The second-order valence-electron chi connectivity index (χ2n) is 6.21. The van der Waals surface area contributed by atoms with Gasteiger partial charge in [-0.3, -0.25) is 20.1 Å². The molecule has 8 nitrogen and oxygen atoms in total. The van der Waals surface area contributed by atoms with Gasteiger partial charge in [0.2, 0.25) is 5.75 Å². The molecule has 0 aliphatic heterocycles. The quantitative estimate of drug-likeness (QED) is 0.390. The topological polar surface area (TPSA) is 113 Å². The van der Waals surface area contributed by atoms with Gasteiger partial charge in [0.1, 0.15) is 12.0 Å². The van der Waals surface area contributed by atoms with Gasteiger partial charge in [-0.25, -0.2) is 4.98 Å². The summed E-state index contributed by atoms with van der Waals surface area (Å²) in [5.41, 5.74) is -2.29. The standard InChI is InChI=1S/C19H16BrClF3N5O3/c1-27-17(31-2)11(5-14(20)26)8-29-9-28-16(19(22,23)24)15(18(29)30)32-13-4-10(7-25)3-12(21)6-13/h3-6,9,17,26-27H,8H2,1-2H3/b11-5-,26-14?. The summed E-state index contributed by atoms with van der Waals surface area (Å²) in [6.45, 7) is -0.257. The summed E-state index contributed by atoms with van der Waals surface area (Å²) >= 11 is 8.83. The lowest BCUT2D eigenvalue weighted by Crippen LogP contribution is -2.34. The molecule has 32 heavy (non-hydrogen) atoms. The lowest BCUT2D eigenvalue weighted by atomic mass is 10.2. The Morgan fingerprint density at radius 1 is 1.47 bits per heavy atom. The Morgan fingerprint density at radius 2 is 2.16 bits per heavy atom. The summed E-state index contributed by atoms with van der Waals surface area (Å²) in [6, 6.07) is 5.39. The predicted molar refractivity (Wildman–Crippen MR) is 114 cm³/mol. The van der Waals surface area contributed by atoms with E-state index < -0.39 is 29.4 Å². The van der Waals surface area contributed by atoms with E-state index >= 15 is 0 Å². The maximum Gasteiger partial charge on any atom is 0.437 e. The van der Waals surface area contributed by atoms with Gasteiger partial charge >= 0.3 is 6.18 Å². The van der Waals surface area contributed by atoms with E-state index in [9.17, 15) is 18.0 Å². The molecule has 2 rings (SSSR count). The first kappa shape index (κ1) is 25.5. The average Bonchev–Trinajstić information content (AvgIpc) is 2.70. The smallest absolute Gasteiger partial charge is 0.437 e. The number of methoxy groups -OCH3 is 1. The van der Waals surface area contributed by atoms with Crippen LogP contribution in [0.4, 0.5) is 13.2 Å². The minimum absolute atomic E-state index is 0.0308. The molecule has 1 aromatic heterocycles. The normalized spacial score (nSPS) is 12.9. The molecule has 1 unspecified atom stereocenters. The minimum Gasteiger partial charge on any atom is -0.449 e. The molecule has 2 N–H and O–H groups in total. The number of benzene rings is 1. The Bertz CT molecular complexity index is 1140. The van der Waals surface area contributed by atoms with Crippen molar-refractivity contribution in [3.8, 4) is 17.6 Å². The molecule has 1 aromatic carbocycles. The second-order valence-corrected chi connectivity index (χ2v) is 7.50. The molecule has 0 saturated carbocycles. The lowest BCUT2D eigenvalue weighted by molar-refractivity contribution is -0.142. The number of halogens is 5. The Kier molecular flexibility index (Phi) is 8.57. The van der Waals surface area contributed by atoms with Crippen LogP contribution in [-0.4, -0.2) is 34.6 Å². The summed E-state index contributed by atoms with van der Waals surface area (Å²) < 4.78 is 51.8. The second kappa shape index (κ2) is 10.7. The van der Waals surface area contributed by atoms with Crippen molar-refractivity contribution in [3.63, 3.8) is 0 Å². The number of alkyl halides is 3. The fourth-order valence-electron chi connectivity index (χ4n) is 2.70. The number of likely N-dealkylation sites (N-methyl/N-ethyl adjacent to an activating group) is 1. The van der Waals surface area contributed by atoms with E-state index in [1.54, 1.807) is 13.1 Å². The third kappa shape index (κ3) is 6.39. The number of hydrogen-bond acceptors (Lipinski definition) is 7. The summed E-state index contributed by atoms with van der Waals surface area (Å²) in [5.74, 6) is -1.32. The molecule has 170 valence electrons. The zero-order chi connectivity index (χ0) is 24.1. The lowest BCUT2D eigenvalue weighted by Gasteiger charge is -2.20. The molecular weight excluding hydrogens is 519 g/mol. The molecule has 13 heteroatoms. The number of nitrogens with zero attached hydrogens (tertiary/aromatic N) is 3. The third-order valence-electron chi connectivity index (χ3n) is 3.98. The summed E-state index contributed by atoms with van der Waals surface area (Å²) in [4.78, 5) is 16.3. The molecule has 1 atom stereocenters. The highest BCUT2D eigenvalue weighted by molar-refractivity contribution is 9.18. The van der Waals surface area contributed by atoms with E-state index in [0.29, 0.717) is 5.57 Å². The first-order valence-electron chi connectivity index (χ1n) is 8.69. The molecule has 1 heterocycles. The molecule has 0 saturated heterocycles. The minimum atomic E-state index is -4.99. The highest BCUT2D eigenvalue weighted by Gasteiger charge is 2.39. The monoisotopic (exact) mass is 533 g/mol. The SMILES string of the molecule is CNC(OC)/C(=C\C(=N)Br)Cn1cnc(C(F)(F)F)c(Oc2cc(Cl)cc(C#N)c2)c1=O. The maximum absolute atomic E-state index is 13.5. The molecule has 0 spiro atoms. The van der Waals surface area contributed by atoms with Gasteiger partial charge in [0.05, 0.1) is 29.1 Å². The molecule has 0 amide bonds. The van der Waals surface area contributed by atoms with E-state index in [1.807, 2.05) is 0 Å². The Labute approximate surface area is 193 Å². The Hall–Kier alpha value is -2.72. The van der Waals surface area contributed by atoms with Crippen LogP contribution in [0.3, 0.4) is 0 Å². The van der Waals surface area contributed by atoms with Crippen molar-refractivity contribution < 1.29 is 22.6 Å². The van der Waals surface area contributed by atoms with Crippen molar-refractivity contribution >= 4 is 32.2 Å². The van der Waals surface area contributed by atoms with Crippen LogP contribution in [-0.2, 0) is 17.5 Å². The number of allylic oxidation sites excluding steroid dienone is 1. The van der Waals surface area contributed by atoms with E-state index in [-0.39, 0.29) is 27.5 Å². The van der Waals surface area contributed by atoms with Crippen LogP contribution in [0, 0.1) is 16.7 Å². The molecule has 0 fully saturated rings. The van der Waals surface area contributed by atoms with Gasteiger partial charge in [-0.05, 0) is 52.8 Å². The number of nitriles is 1. The number of aromatic nitrogens is 2. The van der Waals surface area contributed by atoms with Gasteiger partial charge < -0.3 is 9.47 Å². The predicted octanol–water partition coefficient (Wildman–Crippen LogP) is 4.07. The van der Waals surface area contributed by atoms with Crippen LogP contribution in [0.25, 0.3) is 0 Å². The fraction of sp³-hybridized carbons (Fsp3) is 0.263. The van der Waals surface area contributed by atoms with Crippen LogP contribution in [0.15, 0.2) is 41.0 Å². The first-order chi connectivity index (χ1) is 15.0. The first-order valence-corrected chi connectivity index (χ1v) is 9.87. The highest BCUT2D eigenvalue weighted by atomic mass is 79.9. The van der Waals surface area contributed by atoms with Crippen LogP contribution in [0.5, 0.6) is 11.5 Å². The van der Waals surface area contributed by atoms with Crippen molar-refractivity contribution in [1.29, 1.82) is 10.7 Å². The van der Waals surface area contributed by atoms with E-state index in [4.69, 9.17) is 31.7 Å². The summed E-state index contributed by atoms with van der Waals surface area (Å²) in [6.07, 6.45) is -3.66. The van der Waals surface area contributed by atoms with E-state index in [0.717, 1.165) is 17.0 Å². The van der Waals surface area contributed by atoms with Crippen LogP contribution >= 0.6 is 27.5 Å². The largest absolute Gasteiger partial charge is 0.449 e. The van der Waals surface area contributed by atoms with Gasteiger partial charge in [0.25, 0.3) is 5.56 Å². The van der Waals surface area contributed by atoms with Crippen molar-refractivity contribution in [2.45, 2.75) is 18.9 Å². The Balaban J connectivity index is 2.62. The summed E-state index contributed by atoms with van der Waals surface area (Å²) in [7, 11) is 2.94. The van der Waals surface area contributed by atoms with Crippen molar-refractivity contribution in [1.82, 2.24) is 14.9 Å².